The standard InChI is InChI=1S/C14H25NO2/c1-3-4-8-17-14(16)15-12-6-5-7-13(15)10-11(2)9-12/h11-13H,3-10H2,1-2H3. The first-order valence-electron chi connectivity index (χ1n) is 7.17. The smallest absolute Gasteiger partial charge is 0.410 e. The van der Waals surface area contributed by atoms with Crippen molar-refractivity contribution in [1.82, 2.24) is 4.90 Å². The first-order valence-corrected chi connectivity index (χ1v) is 7.17. The number of hydrogen-bond donors (Lipinski definition) is 0. The summed E-state index contributed by atoms with van der Waals surface area (Å²) >= 11 is 0. The Morgan fingerprint density at radius 2 is 1.94 bits per heavy atom. The third-order valence-corrected chi connectivity index (χ3v) is 4.14. The van der Waals surface area contributed by atoms with E-state index in [1.807, 2.05) is 0 Å². The number of piperidine rings is 2. The molecule has 0 N–H and O–H groups in total. The Hall–Kier alpha value is -0.730. The maximum Gasteiger partial charge on any atom is 0.410 e. The predicted octanol–water partition coefficient (Wildman–Crippen LogP) is 3.58. The summed E-state index contributed by atoms with van der Waals surface area (Å²) in [6, 6.07) is 0.901. The van der Waals surface area contributed by atoms with E-state index in [1.165, 1.54) is 32.1 Å². The van der Waals surface area contributed by atoms with E-state index < -0.39 is 0 Å². The van der Waals surface area contributed by atoms with E-state index in [9.17, 15) is 4.79 Å². The van der Waals surface area contributed by atoms with Gasteiger partial charge in [0.05, 0.1) is 6.61 Å². The van der Waals surface area contributed by atoms with E-state index in [2.05, 4.69) is 18.7 Å². The SMILES string of the molecule is CCCCOC(=O)N1C2CCCC1CC(C)C2. The van der Waals surface area contributed by atoms with Gasteiger partial charge in [0.1, 0.15) is 0 Å². The minimum absolute atomic E-state index is 0.0555. The lowest BCUT2D eigenvalue weighted by atomic mass is 9.79. The van der Waals surface area contributed by atoms with E-state index in [0.717, 1.165) is 18.8 Å². The third kappa shape index (κ3) is 2.93. The van der Waals surface area contributed by atoms with Gasteiger partial charge in [-0.3, -0.25) is 0 Å². The first kappa shape index (κ1) is 12.7. The average Bonchev–Trinajstić information content (AvgIpc) is 2.27. The maximum absolute atomic E-state index is 12.1. The zero-order valence-corrected chi connectivity index (χ0v) is 11.2. The molecule has 98 valence electrons. The summed E-state index contributed by atoms with van der Waals surface area (Å²) < 4.78 is 5.38. The van der Waals surface area contributed by atoms with Crippen molar-refractivity contribution in [3.8, 4) is 0 Å². The van der Waals surface area contributed by atoms with Crippen molar-refractivity contribution in [1.29, 1.82) is 0 Å². The molecule has 2 fully saturated rings. The first-order chi connectivity index (χ1) is 8.22. The van der Waals surface area contributed by atoms with Crippen LogP contribution >= 0.6 is 0 Å². The molecule has 0 aromatic heterocycles. The molecule has 3 heteroatoms. The molecular weight excluding hydrogens is 214 g/mol. The van der Waals surface area contributed by atoms with Crippen molar-refractivity contribution in [2.45, 2.75) is 70.9 Å². The second-order valence-electron chi connectivity index (χ2n) is 5.69. The zero-order chi connectivity index (χ0) is 12.3. The number of unbranched alkanes of at least 4 members (excludes halogenated alkanes) is 1. The van der Waals surface area contributed by atoms with E-state index in [-0.39, 0.29) is 6.09 Å². The molecule has 0 aromatic carbocycles. The van der Waals surface area contributed by atoms with Gasteiger partial charge >= 0.3 is 6.09 Å². The highest BCUT2D eigenvalue weighted by Crippen LogP contribution is 2.37. The van der Waals surface area contributed by atoms with Crippen molar-refractivity contribution in [2.75, 3.05) is 6.61 Å². The van der Waals surface area contributed by atoms with Crippen LogP contribution in [-0.4, -0.2) is 29.7 Å². The van der Waals surface area contributed by atoms with E-state index in [4.69, 9.17) is 4.74 Å². The Kier molecular flexibility index (Phi) is 4.30. The van der Waals surface area contributed by atoms with Crippen molar-refractivity contribution in [3.63, 3.8) is 0 Å². The minimum atomic E-state index is -0.0555. The monoisotopic (exact) mass is 239 g/mol. The largest absolute Gasteiger partial charge is 0.449 e. The number of ether oxygens (including phenoxy) is 1. The van der Waals surface area contributed by atoms with Crippen LogP contribution < -0.4 is 0 Å². The molecule has 17 heavy (non-hydrogen) atoms. The van der Waals surface area contributed by atoms with Crippen LogP contribution in [0.15, 0.2) is 0 Å². The molecule has 2 bridgehead atoms. The van der Waals surface area contributed by atoms with Gasteiger partial charge < -0.3 is 9.64 Å². The second-order valence-corrected chi connectivity index (χ2v) is 5.69. The summed E-state index contributed by atoms with van der Waals surface area (Å²) in [4.78, 5) is 14.2. The fraction of sp³-hybridized carbons (Fsp3) is 0.929. The average molecular weight is 239 g/mol. The molecule has 0 radical (unpaired) electrons. The molecule has 2 aliphatic rings. The Labute approximate surface area is 105 Å². The third-order valence-electron chi connectivity index (χ3n) is 4.14. The van der Waals surface area contributed by atoms with Crippen molar-refractivity contribution in [2.24, 2.45) is 5.92 Å². The molecule has 2 unspecified atom stereocenters. The van der Waals surface area contributed by atoms with Gasteiger partial charge in [0, 0.05) is 12.1 Å². The number of nitrogens with zero attached hydrogens (tertiary/aromatic N) is 1. The molecule has 0 saturated carbocycles. The van der Waals surface area contributed by atoms with Crippen molar-refractivity contribution >= 4 is 6.09 Å². The van der Waals surface area contributed by atoms with Gasteiger partial charge in [-0.1, -0.05) is 20.3 Å². The van der Waals surface area contributed by atoms with Crippen LogP contribution in [0, 0.1) is 5.92 Å². The number of fused-ring (bicyclic) bond motifs is 2. The minimum Gasteiger partial charge on any atom is -0.449 e. The molecule has 2 saturated heterocycles. The molecule has 3 nitrogen and oxygen atoms in total. The van der Waals surface area contributed by atoms with E-state index in [0.29, 0.717) is 18.7 Å². The molecule has 2 heterocycles. The van der Waals surface area contributed by atoms with Crippen molar-refractivity contribution in [3.05, 3.63) is 0 Å². The highest BCUT2D eigenvalue weighted by molar-refractivity contribution is 5.68. The fourth-order valence-electron chi connectivity index (χ4n) is 3.33. The van der Waals surface area contributed by atoms with Gasteiger partial charge in [0.2, 0.25) is 0 Å². The van der Waals surface area contributed by atoms with Gasteiger partial charge in [0.15, 0.2) is 0 Å². The highest BCUT2D eigenvalue weighted by Gasteiger charge is 2.40. The lowest BCUT2D eigenvalue weighted by Crippen LogP contribution is -2.54. The van der Waals surface area contributed by atoms with E-state index in [1.54, 1.807) is 0 Å². The summed E-state index contributed by atoms with van der Waals surface area (Å²) in [6.45, 7) is 5.01. The normalized spacial score (nSPS) is 32.4. The molecule has 0 aliphatic carbocycles. The molecule has 2 rings (SSSR count). The second kappa shape index (κ2) is 5.74. The fourth-order valence-corrected chi connectivity index (χ4v) is 3.33. The van der Waals surface area contributed by atoms with Gasteiger partial charge in [-0.2, -0.15) is 0 Å². The van der Waals surface area contributed by atoms with Gasteiger partial charge in [0.25, 0.3) is 0 Å². The molecule has 0 spiro atoms. The Bertz CT molecular complexity index is 253. The van der Waals surface area contributed by atoms with E-state index >= 15 is 0 Å². The number of carbonyl (C=O) groups excluding carboxylic acids is 1. The molecule has 2 aliphatic heterocycles. The quantitative estimate of drug-likeness (QED) is 0.705. The lowest BCUT2D eigenvalue weighted by Gasteiger charge is -2.47. The molecule has 0 aromatic rings. The summed E-state index contributed by atoms with van der Waals surface area (Å²) in [7, 11) is 0. The van der Waals surface area contributed by atoms with Crippen LogP contribution in [0.25, 0.3) is 0 Å². The number of rotatable bonds is 3. The van der Waals surface area contributed by atoms with Gasteiger partial charge in [-0.05, 0) is 44.4 Å². The van der Waals surface area contributed by atoms with Crippen molar-refractivity contribution < 1.29 is 9.53 Å². The Balaban J connectivity index is 1.92. The number of hydrogen-bond acceptors (Lipinski definition) is 2. The molecule has 2 atom stereocenters. The number of amides is 1. The predicted molar refractivity (Wildman–Crippen MR) is 67.9 cm³/mol. The van der Waals surface area contributed by atoms with Crippen LogP contribution in [0.4, 0.5) is 4.79 Å². The van der Waals surface area contributed by atoms with Crippen LogP contribution in [-0.2, 0) is 4.74 Å². The summed E-state index contributed by atoms with van der Waals surface area (Å²) in [6.07, 6.45) is 7.95. The highest BCUT2D eigenvalue weighted by atomic mass is 16.6. The summed E-state index contributed by atoms with van der Waals surface area (Å²) in [5.74, 6) is 0.769. The number of carbonyl (C=O) groups is 1. The Morgan fingerprint density at radius 1 is 1.29 bits per heavy atom. The van der Waals surface area contributed by atoms with Crippen LogP contribution in [0.3, 0.4) is 0 Å². The van der Waals surface area contributed by atoms with Crippen LogP contribution in [0.1, 0.15) is 58.8 Å². The maximum atomic E-state index is 12.1. The summed E-state index contributed by atoms with van der Waals surface area (Å²) in [5, 5.41) is 0. The molecule has 1 amide bonds. The van der Waals surface area contributed by atoms with Gasteiger partial charge in [-0.15, -0.1) is 0 Å². The summed E-state index contributed by atoms with van der Waals surface area (Å²) in [5.41, 5.74) is 0. The Morgan fingerprint density at radius 3 is 2.53 bits per heavy atom. The lowest BCUT2D eigenvalue weighted by molar-refractivity contribution is 0.00849. The zero-order valence-electron chi connectivity index (χ0n) is 11.2. The van der Waals surface area contributed by atoms with Crippen LogP contribution in [0.2, 0.25) is 0 Å². The van der Waals surface area contributed by atoms with Gasteiger partial charge in [-0.25, -0.2) is 4.79 Å². The van der Waals surface area contributed by atoms with Crippen LogP contribution in [0.5, 0.6) is 0 Å². The molecular formula is C14H25NO2. The topological polar surface area (TPSA) is 29.5 Å².